The van der Waals surface area contributed by atoms with Gasteiger partial charge in [0.25, 0.3) is 0 Å². The van der Waals surface area contributed by atoms with Crippen LogP contribution in [0.3, 0.4) is 0 Å². The maximum absolute atomic E-state index is 8.79. The Kier molecular flexibility index (Phi) is 3.08. The van der Waals surface area contributed by atoms with Gasteiger partial charge < -0.3 is 9.84 Å². The lowest BCUT2D eigenvalue weighted by atomic mass is 10.1. The lowest BCUT2D eigenvalue weighted by Gasteiger charge is -2.14. The molecule has 1 aliphatic heterocycles. The number of hydrogen-bond donors (Lipinski definition) is 1. The van der Waals surface area contributed by atoms with Gasteiger partial charge in [-0.05, 0) is 22.4 Å². The molecule has 62 valence electrons. The van der Waals surface area contributed by atoms with Crippen LogP contribution in [0.1, 0.15) is 6.42 Å². The molecule has 0 aromatic carbocycles. The molecule has 0 saturated carbocycles. The number of allylic oxidation sites excluding steroid dienone is 1. The summed E-state index contributed by atoms with van der Waals surface area (Å²) in [6.07, 6.45) is 2.48. The van der Waals surface area contributed by atoms with Gasteiger partial charge in [0.15, 0.2) is 0 Å². The summed E-state index contributed by atoms with van der Waals surface area (Å²) in [5.74, 6) is 0.734. The van der Waals surface area contributed by atoms with Gasteiger partial charge in [-0.3, -0.25) is 0 Å². The number of halogens is 1. The van der Waals surface area contributed by atoms with Gasteiger partial charge in [0, 0.05) is 12.1 Å². The third-order valence-corrected chi connectivity index (χ3v) is 2.17. The predicted octanol–water partition coefficient (Wildman–Crippen LogP) is 1.28. The molecule has 0 spiro atoms. The van der Waals surface area contributed by atoms with Crippen LogP contribution in [-0.2, 0) is 4.74 Å². The Bertz CT molecular complexity index is 201. The molecule has 0 amide bonds. The van der Waals surface area contributed by atoms with E-state index in [1.54, 1.807) is 13.3 Å². The van der Waals surface area contributed by atoms with E-state index in [1.165, 1.54) is 0 Å². The summed E-state index contributed by atoms with van der Waals surface area (Å²) in [7, 11) is 1.58. The molecule has 1 rings (SSSR count). The Hall–Kier alpha value is -0.350. The highest BCUT2D eigenvalue weighted by atomic mass is 79.9. The van der Waals surface area contributed by atoms with Crippen LogP contribution in [0, 0.1) is 5.92 Å². The Morgan fingerprint density at radius 3 is 3.09 bits per heavy atom. The van der Waals surface area contributed by atoms with Gasteiger partial charge in [-0.25, -0.2) is 4.99 Å². The van der Waals surface area contributed by atoms with E-state index in [9.17, 15) is 0 Å². The molecule has 11 heavy (non-hydrogen) atoms. The van der Waals surface area contributed by atoms with E-state index in [2.05, 4.69) is 20.9 Å². The van der Waals surface area contributed by atoms with Crippen molar-refractivity contribution in [1.82, 2.24) is 0 Å². The fourth-order valence-corrected chi connectivity index (χ4v) is 1.57. The zero-order valence-corrected chi connectivity index (χ0v) is 7.84. The van der Waals surface area contributed by atoms with Crippen LogP contribution < -0.4 is 0 Å². The number of hydrogen-bond acceptors (Lipinski definition) is 3. The highest BCUT2D eigenvalue weighted by Crippen LogP contribution is 2.25. The molecule has 0 saturated heterocycles. The van der Waals surface area contributed by atoms with Crippen molar-refractivity contribution < 1.29 is 9.84 Å². The lowest BCUT2D eigenvalue weighted by Crippen LogP contribution is -2.12. The van der Waals surface area contributed by atoms with Gasteiger partial charge in [0.2, 0.25) is 5.88 Å². The molecule has 0 aromatic heterocycles. The first-order valence-electron chi connectivity index (χ1n) is 3.35. The van der Waals surface area contributed by atoms with Crippen molar-refractivity contribution in [3.8, 4) is 0 Å². The number of nitrogens with zero attached hydrogens (tertiary/aromatic N) is 1. The first-order chi connectivity index (χ1) is 5.27. The standard InChI is InChI=1S/C7H10BrNO2/c1-11-7-6(8)2-5(4-10)3-9-7/h3,5,10H,2,4H2,1H3. The third kappa shape index (κ3) is 2.04. The summed E-state index contributed by atoms with van der Waals surface area (Å²) >= 11 is 3.33. The van der Waals surface area contributed by atoms with Crippen LogP contribution in [0.4, 0.5) is 0 Å². The molecular weight excluding hydrogens is 210 g/mol. The molecule has 0 aromatic rings. The highest BCUT2D eigenvalue weighted by molar-refractivity contribution is 9.11. The summed E-state index contributed by atoms with van der Waals surface area (Å²) in [6, 6.07) is 0. The van der Waals surface area contributed by atoms with Crippen molar-refractivity contribution in [2.24, 2.45) is 10.9 Å². The first kappa shape index (κ1) is 8.74. The average molecular weight is 220 g/mol. The fourth-order valence-electron chi connectivity index (χ4n) is 0.888. The lowest BCUT2D eigenvalue weighted by molar-refractivity contribution is 0.252. The monoisotopic (exact) mass is 219 g/mol. The maximum Gasteiger partial charge on any atom is 0.223 e. The second kappa shape index (κ2) is 3.88. The Balaban J connectivity index is 2.66. The molecule has 0 aliphatic carbocycles. The number of aliphatic imine (C=N–C) groups is 1. The minimum atomic E-state index is 0.128. The van der Waals surface area contributed by atoms with Gasteiger partial charge >= 0.3 is 0 Å². The number of aliphatic hydroxyl groups is 1. The van der Waals surface area contributed by atoms with Crippen LogP contribution in [0.5, 0.6) is 0 Å². The quantitative estimate of drug-likeness (QED) is 0.761. The van der Waals surface area contributed by atoms with E-state index in [0.717, 1.165) is 10.9 Å². The Morgan fingerprint density at radius 1 is 1.91 bits per heavy atom. The van der Waals surface area contributed by atoms with Crippen molar-refractivity contribution >= 4 is 22.1 Å². The van der Waals surface area contributed by atoms with E-state index in [1.807, 2.05) is 0 Å². The largest absolute Gasteiger partial charge is 0.480 e. The molecule has 1 N–H and O–H groups in total. The molecule has 0 radical (unpaired) electrons. The van der Waals surface area contributed by atoms with Crippen LogP contribution in [0.25, 0.3) is 0 Å². The molecule has 4 heteroatoms. The van der Waals surface area contributed by atoms with Crippen molar-refractivity contribution in [2.45, 2.75) is 6.42 Å². The van der Waals surface area contributed by atoms with Gasteiger partial charge in [-0.15, -0.1) is 0 Å². The van der Waals surface area contributed by atoms with Crippen molar-refractivity contribution in [3.05, 3.63) is 10.4 Å². The van der Waals surface area contributed by atoms with Gasteiger partial charge in [0.05, 0.1) is 18.2 Å². The van der Waals surface area contributed by atoms with Crippen LogP contribution in [-0.4, -0.2) is 25.0 Å². The number of rotatable bonds is 2. The van der Waals surface area contributed by atoms with Crippen LogP contribution in [0.2, 0.25) is 0 Å². The zero-order chi connectivity index (χ0) is 8.27. The average Bonchev–Trinajstić information content (AvgIpc) is 2.04. The van der Waals surface area contributed by atoms with E-state index in [4.69, 9.17) is 9.84 Å². The highest BCUT2D eigenvalue weighted by Gasteiger charge is 2.15. The van der Waals surface area contributed by atoms with Crippen molar-refractivity contribution in [2.75, 3.05) is 13.7 Å². The molecule has 3 nitrogen and oxygen atoms in total. The van der Waals surface area contributed by atoms with E-state index in [0.29, 0.717) is 5.88 Å². The fraction of sp³-hybridized carbons (Fsp3) is 0.571. The Morgan fingerprint density at radius 2 is 2.64 bits per heavy atom. The van der Waals surface area contributed by atoms with Crippen LogP contribution in [0.15, 0.2) is 15.4 Å². The first-order valence-corrected chi connectivity index (χ1v) is 4.15. The second-order valence-electron chi connectivity index (χ2n) is 2.34. The summed E-state index contributed by atoms with van der Waals surface area (Å²) in [5, 5.41) is 8.79. The molecule has 1 unspecified atom stereocenters. The normalized spacial score (nSPS) is 24.1. The summed E-state index contributed by atoms with van der Waals surface area (Å²) < 4.78 is 5.87. The van der Waals surface area contributed by atoms with Crippen LogP contribution >= 0.6 is 15.9 Å². The number of methoxy groups -OCH3 is 1. The van der Waals surface area contributed by atoms with Crippen molar-refractivity contribution in [3.63, 3.8) is 0 Å². The molecule has 1 heterocycles. The van der Waals surface area contributed by atoms with Gasteiger partial charge in [-0.2, -0.15) is 0 Å². The minimum absolute atomic E-state index is 0.128. The summed E-state index contributed by atoms with van der Waals surface area (Å²) in [5.41, 5.74) is 0. The number of ether oxygens (including phenoxy) is 1. The Labute approximate surface area is 73.9 Å². The summed E-state index contributed by atoms with van der Waals surface area (Å²) in [4.78, 5) is 4.01. The molecule has 0 fully saturated rings. The minimum Gasteiger partial charge on any atom is -0.480 e. The van der Waals surface area contributed by atoms with E-state index >= 15 is 0 Å². The van der Waals surface area contributed by atoms with Gasteiger partial charge in [0.1, 0.15) is 0 Å². The van der Waals surface area contributed by atoms with E-state index < -0.39 is 0 Å². The third-order valence-electron chi connectivity index (χ3n) is 1.50. The zero-order valence-electron chi connectivity index (χ0n) is 6.25. The van der Waals surface area contributed by atoms with Gasteiger partial charge in [-0.1, -0.05) is 0 Å². The molecule has 0 bridgehead atoms. The topological polar surface area (TPSA) is 41.8 Å². The SMILES string of the molecule is COC1=C(Br)CC(CO)C=N1. The second-order valence-corrected chi connectivity index (χ2v) is 3.30. The predicted molar refractivity (Wildman–Crippen MR) is 46.6 cm³/mol. The van der Waals surface area contributed by atoms with E-state index in [-0.39, 0.29) is 12.5 Å². The van der Waals surface area contributed by atoms with Crippen molar-refractivity contribution in [1.29, 1.82) is 0 Å². The maximum atomic E-state index is 8.79. The molecule has 1 atom stereocenters. The summed E-state index contributed by atoms with van der Waals surface area (Å²) in [6.45, 7) is 0.135. The molecular formula is C7H10BrNO2. The smallest absolute Gasteiger partial charge is 0.223 e. The molecule has 1 aliphatic rings. The number of aliphatic hydroxyl groups excluding tert-OH is 1.